The Bertz CT molecular complexity index is 1470. The van der Waals surface area contributed by atoms with Gasteiger partial charge in [-0.25, -0.2) is 9.97 Å². The van der Waals surface area contributed by atoms with E-state index in [2.05, 4.69) is 61.2 Å². The van der Waals surface area contributed by atoms with Crippen LogP contribution in [0.1, 0.15) is 72.9 Å². The van der Waals surface area contributed by atoms with Crippen molar-refractivity contribution in [3.05, 3.63) is 46.6 Å². The zero-order chi connectivity index (χ0) is 28.8. The largest absolute Gasteiger partial charge is 0.480 e. The van der Waals surface area contributed by atoms with Crippen molar-refractivity contribution in [1.29, 1.82) is 0 Å². The van der Waals surface area contributed by atoms with Gasteiger partial charge in [-0.05, 0) is 69.8 Å². The molecular weight excluding hydrogens is 528 g/mol. The zero-order valence-corrected chi connectivity index (χ0v) is 24.4. The SMILES string of the molecule is COc1ncc(NC(=O)C(=O)N2C[C@@H](C)CC[C@@H]2c2ccc3sc([C@H]4CN(C)C(C)(C)C4)nc3c2)cc1C(N)=O. The number of benzene rings is 1. The third-order valence-corrected chi connectivity index (χ3v) is 9.48. The normalized spacial score (nSPS) is 22.8. The van der Waals surface area contributed by atoms with Gasteiger partial charge in [-0.1, -0.05) is 13.0 Å². The van der Waals surface area contributed by atoms with Crippen LogP contribution in [-0.2, 0) is 9.59 Å². The summed E-state index contributed by atoms with van der Waals surface area (Å²) in [5.41, 5.74) is 7.67. The number of likely N-dealkylation sites (N-methyl/N-ethyl adjacent to an activating group) is 1. The number of hydrogen-bond acceptors (Lipinski definition) is 8. The molecule has 3 aromatic rings. The van der Waals surface area contributed by atoms with Crippen LogP contribution in [0.4, 0.5) is 5.69 Å². The average Bonchev–Trinajstić information content (AvgIpc) is 3.47. The Morgan fingerprint density at radius 2 is 1.95 bits per heavy atom. The number of amides is 3. The molecule has 0 bridgehead atoms. The van der Waals surface area contributed by atoms with Gasteiger partial charge in [0.2, 0.25) is 5.88 Å². The number of likely N-dealkylation sites (tertiary alicyclic amines) is 2. The van der Waals surface area contributed by atoms with Gasteiger partial charge >= 0.3 is 11.8 Å². The average molecular weight is 565 g/mol. The van der Waals surface area contributed by atoms with Crippen LogP contribution in [0.2, 0.25) is 0 Å². The highest BCUT2D eigenvalue weighted by Gasteiger charge is 2.38. The second-order valence-corrected chi connectivity index (χ2v) is 12.7. The Hall–Kier alpha value is -3.57. The molecular formula is C29H36N6O4S. The highest BCUT2D eigenvalue weighted by molar-refractivity contribution is 7.18. The van der Waals surface area contributed by atoms with Crippen molar-refractivity contribution < 1.29 is 19.1 Å². The number of rotatable bonds is 5. The molecule has 11 heteroatoms. The number of nitrogens with one attached hydrogen (secondary N) is 1. The number of carbonyl (C=O) groups excluding carboxylic acids is 3. The first-order valence-electron chi connectivity index (χ1n) is 13.5. The van der Waals surface area contributed by atoms with E-state index in [0.717, 1.165) is 46.6 Å². The topological polar surface area (TPSA) is 131 Å². The van der Waals surface area contributed by atoms with Crippen LogP contribution >= 0.6 is 11.3 Å². The van der Waals surface area contributed by atoms with Crippen LogP contribution in [-0.4, -0.2) is 70.3 Å². The van der Waals surface area contributed by atoms with E-state index in [0.29, 0.717) is 12.5 Å². The van der Waals surface area contributed by atoms with Crippen LogP contribution in [0.15, 0.2) is 30.5 Å². The first-order valence-corrected chi connectivity index (χ1v) is 14.4. The summed E-state index contributed by atoms with van der Waals surface area (Å²) in [6.07, 6.45) is 4.09. The van der Waals surface area contributed by atoms with Crippen LogP contribution in [0.3, 0.4) is 0 Å². The van der Waals surface area contributed by atoms with Gasteiger partial charge in [0, 0.05) is 24.5 Å². The minimum Gasteiger partial charge on any atom is -0.480 e. The van der Waals surface area contributed by atoms with Gasteiger partial charge in [-0.3, -0.25) is 14.4 Å². The molecule has 2 saturated heterocycles. The van der Waals surface area contributed by atoms with Crippen molar-refractivity contribution in [2.75, 3.05) is 32.6 Å². The molecule has 3 N–H and O–H groups in total. The number of nitrogens with two attached hydrogens (primary N) is 1. The Morgan fingerprint density at radius 1 is 1.18 bits per heavy atom. The summed E-state index contributed by atoms with van der Waals surface area (Å²) >= 11 is 1.74. The van der Waals surface area contributed by atoms with Crippen LogP contribution < -0.4 is 15.8 Å². The van der Waals surface area contributed by atoms with Crippen molar-refractivity contribution in [3.63, 3.8) is 0 Å². The number of piperidine rings is 1. The van der Waals surface area contributed by atoms with Crippen molar-refractivity contribution in [2.45, 2.75) is 57.5 Å². The standard InChI is InChI=1S/C29H36N6O4S/c1-16-6-8-22(17-7-9-23-21(10-17)33-27(40-23)18-12-29(2,3)34(4)15-18)35(14-16)28(38)25(37)32-19-11-20(24(30)36)26(39-5)31-13-19/h7,9-11,13,16,18,22H,6,8,12,14-15H2,1-5H3,(H2,30,36)(H,32,37)/t16-,18+,22+/m0/s1. The minimum atomic E-state index is -0.800. The molecule has 212 valence electrons. The lowest BCUT2D eigenvalue weighted by atomic mass is 9.89. The zero-order valence-electron chi connectivity index (χ0n) is 23.6. The molecule has 0 aliphatic carbocycles. The summed E-state index contributed by atoms with van der Waals surface area (Å²) in [4.78, 5) is 51.4. The minimum absolute atomic E-state index is 0.0148. The van der Waals surface area contributed by atoms with Crippen molar-refractivity contribution in [1.82, 2.24) is 19.8 Å². The van der Waals surface area contributed by atoms with E-state index in [1.807, 2.05) is 0 Å². The van der Waals surface area contributed by atoms with E-state index in [1.165, 1.54) is 19.4 Å². The van der Waals surface area contributed by atoms with Crippen molar-refractivity contribution in [2.24, 2.45) is 11.7 Å². The van der Waals surface area contributed by atoms with Gasteiger partial charge in [0.1, 0.15) is 5.56 Å². The highest BCUT2D eigenvalue weighted by atomic mass is 32.1. The molecule has 0 radical (unpaired) electrons. The molecule has 2 aromatic heterocycles. The van der Waals surface area contributed by atoms with Gasteiger partial charge in [-0.2, -0.15) is 0 Å². The third kappa shape index (κ3) is 5.40. The van der Waals surface area contributed by atoms with Gasteiger partial charge in [0.25, 0.3) is 5.91 Å². The summed E-state index contributed by atoms with van der Waals surface area (Å²) in [6, 6.07) is 7.33. The molecule has 2 aliphatic rings. The van der Waals surface area contributed by atoms with Crippen LogP contribution in [0.25, 0.3) is 10.2 Å². The lowest BCUT2D eigenvalue weighted by molar-refractivity contribution is -0.146. The fraction of sp³-hybridized carbons (Fsp3) is 0.483. The molecule has 4 heterocycles. The number of nitrogens with zero attached hydrogens (tertiary/aromatic N) is 4. The third-order valence-electron chi connectivity index (χ3n) is 8.28. The fourth-order valence-corrected chi connectivity index (χ4v) is 6.85. The molecule has 10 nitrogen and oxygen atoms in total. The van der Waals surface area contributed by atoms with E-state index in [4.69, 9.17) is 15.5 Å². The maximum Gasteiger partial charge on any atom is 0.313 e. The summed E-state index contributed by atoms with van der Waals surface area (Å²) < 4.78 is 6.18. The second kappa shape index (κ2) is 10.8. The summed E-state index contributed by atoms with van der Waals surface area (Å²) in [6.45, 7) is 8.07. The van der Waals surface area contributed by atoms with E-state index >= 15 is 0 Å². The molecule has 2 fully saturated rings. The highest BCUT2D eigenvalue weighted by Crippen LogP contribution is 2.41. The Morgan fingerprint density at radius 3 is 2.62 bits per heavy atom. The van der Waals surface area contributed by atoms with Gasteiger partial charge in [-0.15, -0.1) is 11.3 Å². The second-order valence-electron chi connectivity index (χ2n) is 11.6. The number of hydrogen-bond donors (Lipinski definition) is 2. The number of ether oxygens (including phenoxy) is 1. The number of pyridine rings is 1. The van der Waals surface area contributed by atoms with Gasteiger partial charge in [0.05, 0.1) is 40.3 Å². The Labute approximate surface area is 237 Å². The van der Waals surface area contributed by atoms with Crippen molar-refractivity contribution >= 4 is 45.0 Å². The first-order chi connectivity index (χ1) is 19.0. The number of anilines is 1. The summed E-state index contributed by atoms with van der Waals surface area (Å²) in [5.74, 6) is -1.48. The fourth-order valence-electron chi connectivity index (χ4n) is 5.81. The van der Waals surface area contributed by atoms with E-state index in [-0.39, 0.29) is 34.6 Å². The van der Waals surface area contributed by atoms with E-state index in [1.54, 1.807) is 16.2 Å². The molecule has 2 aliphatic heterocycles. The first kappa shape index (κ1) is 28.0. The monoisotopic (exact) mass is 564 g/mol. The van der Waals surface area contributed by atoms with Gasteiger partial charge < -0.3 is 25.6 Å². The molecule has 1 aromatic carbocycles. The molecule has 3 amide bonds. The number of carbonyl (C=O) groups is 3. The molecule has 0 unspecified atom stereocenters. The number of thiazole rings is 1. The maximum absolute atomic E-state index is 13.5. The number of fused-ring (bicyclic) bond motifs is 1. The molecule has 3 atom stereocenters. The lowest BCUT2D eigenvalue weighted by Gasteiger charge is -2.38. The summed E-state index contributed by atoms with van der Waals surface area (Å²) in [5, 5.41) is 3.73. The smallest absolute Gasteiger partial charge is 0.313 e. The van der Waals surface area contributed by atoms with E-state index < -0.39 is 17.7 Å². The molecule has 5 rings (SSSR count). The number of primary amides is 1. The molecule has 0 spiro atoms. The Kier molecular flexibility index (Phi) is 7.54. The number of aromatic nitrogens is 2. The molecule has 0 saturated carbocycles. The van der Waals surface area contributed by atoms with Crippen LogP contribution in [0, 0.1) is 5.92 Å². The number of methoxy groups -OCH3 is 1. The quantitative estimate of drug-likeness (QED) is 0.449. The predicted octanol–water partition coefficient (Wildman–Crippen LogP) is 3.93. The predicted molar refractivity (Wildman–Crippen MR) is 154 cm³/mol. The van der Waals surface area contributed by atoms with Crippen molar-refractivity contribution in [3.8, 4) is 5.88 Å². The Balaban J connectivity index is 1.37. The maximum atomic E-state index is 13.5. The molecule has 40 heavy (non-hydrogen) atoms. The summed E-state index contributed by atoms with van der Waals surface area (Å²) in [7, 11) is 3.53. The van der Waals surface area contributed by atoms with E-state index in [9.17, 15) is 14.4 Å². The van der Waals surface area contributed by atoms with Crippen LogP contribution in [0.5, 0.6) is 5.88 Å². The lowest BCUT2D eigenvalue weighted by Crippen LogP contribution is -2.46. The van der Waals surface area contributed by atoms with Gasteiger partial charge in [0.15, 0.2) is 0 Å².